The summed E-state index contributed by atoms with van der Waals surface area (Å²) >= 11 is 0. The zero-order chi connectivity index (χ0) is 12.8. The topological polar surface area (TPSA) is 65.0 Å². The Morgan fingerprint density at radius 2 is 2.06 bits per heavy atom. The number of rotatable bonds is 8. The van der Waals surface area contributed by atoms with Crippen molar-refractivity contribution in [1.29, 1.82) is 0 Å². The Balaban J connectivity index is 4.54. The lowest BCUT2D eigenvalue weighted by Crippen LogP contribution is -2.36. The smallest absolute Gasteiger partial charge is 0.388 e. The van der Waals surface area contributed by atoms with Crippen LogP contribution in [0.2, 0.25) is 0 Å². The third kappa shape index (κ3) is 5.41. The molecule has 3 unspecified atom stereocenters. The summed E-state index contributed by atoms with van der Waals surface area (Å²) in [5.74, 6) is 0. The van der Waals surface area contributed by atoms with Gasteiger partial charge in [0.1, 0.15) is 20.1 Å². The van der Waals surface area contributed by atoms with Gasteiger partial charge in [-0.2, -0.15) is 0 Å². The highest BCUT2D eigenvalue weighted by atomic mass is 31.2. The number of ether oxygens (including phenoxy) is 1. The molecule has 0 aromatic carbocycles. The van der Waals surface area contributed by atoms with Crippen molar-refractivity contribution in [3.63, 3.8) is 0 Å². The maximum absolute atomic E-state index is 13.7. The van der Waals surface area contributed by atoms with Crippen molar-refractivity contribution in [3.8, 4) is 0 Å². The zero-order valence-corrected chi connectivity index (χ0v) is 10.5. The minimum atomic E-state index is -4.21. The van der Waals surface area contributed by atoms with E-state index in [9.17, 15) is 8.96 Å². The Morgan fingerprint density at radius 3 is 2.44 bits per heavy atom. The van der Waals surface area contributed by atoms with Crippen molar-refractivity contribution >= 4 is 15.7 Å². The van der Waals surface area contributed by atoms with Crippen LogP contribution in [0, 0.1) is 0 Å². The highest BCUT2D eigenvalue weighted by Gasteiger charge is 2.33. The van der Waals surface area contributed by atoms with Crippen LogP contribution in [-0.2, 0) is 18.3 Å². The summed E-state index contributed by atoms with van der Waals surface area (Å²) in [6.07, 6.45) is -2.01. The van der Waals surface area contributed by atoms with Crippen LogP contribution in [-0.4, -0.2) is 45.2 Å². The van der Waals surface area contributed by atoms with Crippen molar-refractivity contribution in [3.05, 3.63) is 0 Å². The zero-order valence-electron chi connectivity index (χ0n) is 9.63. The van der Waals surface area contributed by atoms with Gasteiger partial charge < -0.3 is 9.63 Å². The first kappa shape index (κ1) is 16.1. The molecule has 0 rings (SSSR count). The Labute approximate surface area is 96.3 Å². The molecule has 0 fully saturated rings. The molecule has 0 heterocycles. The van der Waals surface area contributed by atoms with Gasteiger partial charge in [-0.15, -0.1) is 0 Å². The van der Waals surface area contributed by atoms with Crippen molar-refractivity contribution < 1.29 is 27.6 Å². The fraction of sp³-hybridized carbons (Fsp3) is 1.00. The van der Waals surface area contributed by atoms with Gasteiger partial charge >= 0.3 is 7.82 Å². The molecule has 2 radical (unpaired) electrons. The molecule has 4 atom stereocenters. The normalized spacial score (nSPS) is 21.1. The Bertz CT molecular complexity index is 242. The van der Waals surface area contributed by atoms with Crippen LogP contribution in [0.5, 0.6) is 0 Å². The minimum Gasteiger partial charge on any atom is -0.388 e. The standard InChI is InChI=1S/C8H17BFO5P/c1-4-5-6(7(10)8(9)13-2)15-16(11,12)14-3/h6-8H,4-5H2,1-3H3,(H,11,12)/t6?,7?,8-/m1/s1. The lowest BCUT2D eigenvalue weighted by Gasteiger charge is -2.26. The summed E-state index contributed by atoms with van der Waals surface area (Å²) in [6.45, 7) is 1.79. The molecule has 94 valence electrons. The predicted molar refractivity (Wildman–Crippen MR) is 58.1 cm³/mol. The van der Waals surface area contributed by atoms with E-state index in [1.165, 1.54) is 7.11 Å². The fourth-order valence-electron chi connectivity index (χ4n) is 1.11. The van der Waals surface area contributed by atoms with Crippen LogP contribution in [0.4, 0.5) is 4.39 Å². The molecule has 16 heavy (non-hydrogen) atoms. The third-order valence-electron chi connectivity index (χ3n) is 2.01. The Morgan fingerprint density at radius 1 is 1.50 bits per heavy atom. The van der Waals surface area contributed by atoms with Crippen LogP contribution in [0.25, 0.3) is 0 Å². The first-order chi connectivity index (χ1) is 7.37. The largest absolute Gasteiger partial charge is 0.472 e. The maximum atomic E-state index is 13.7. The highest BCUT2D eigenvalue weighted by Crippen LogP contribution is 2.45. The van der Waals surface area contributed by atoms with E-state index in [1.54, 1.807) is 6.92 Å². The molecule has 8 heteroatoms. The van der Waals surface area contributed by atoms with Gasteiger partial charge in [-0.05, 0) is 6.42 Å². The minimum absolute atomic E-state index is 0.242. The molecule has 0 aromatic heterocycles. The quantitative estimate of drug-likeness (QED) is 0.523. The second kappa shape index (κ2) is 7.40. The average molecular weight is 254 g/mol. The van der Waals surface area contributed by atoms with Gasteiger partial charge in [0.2, 0.25) is 0 Å². The lowest BCUT2D eigenvalue weighted by molar-refractivity contribution is -0.00239. The lowest BCUT2D eigenvalue weighted by atomic mass is 9.91. The number of alkyl halides is 1. The monoisotopic (exact) mass is 254 g/mol. The summed E-state index contributed by atoms with van der Waals surface area (Å²) in [5.41, 5.74) is 0. The van der Waals surface area contributed by atoms with E-state index in [4.69, 9.17) is 12.7 Å². The summed E-state index contributed by atoms with van der Waals surface area (Å²) < 4.78 is 38.3. The van der Waals surface area contributed by atoms with E-state index in [1.807, 2.05) is 0 Å². The molecule has 0 saturated heterocycles. The number of hydrogen-bond acceptors (Lipinski definition) is 4. The Hall–Kier alpha value is 0.0649. The molecular formula is C8H17BFO5P. The van der Waals surface area contributed by atoms with Crippen molar-refractivity contribution in [2.75, 3.05) is 14.2 Å². The molecule has 1 N–H and O–H groups in total. The molecule has 0 aliphatic carbocycles. The molecule has 0 bridgehead atoms. The van der Waals surface area contributed by atoms with Gasteiger partial charge in [0.05, 0.1) is 0 Å². The van der Waals surface area contributed by atoms with Gasteiger partial charge in [-0.3, -0.25) is 9.05 Å². The average Bonchev–Trinajstić information content (AvgIpc) is 2.26. The fourth-order valence-corrected chi connectivity index (χ4v) is 1.76. The molecule has 5 nitrogen and oxygen atoms in total. The van der Waals surface area contributed by atoms with Crippen LogP contribution >= 0.6 is 7.82 Å². The van der Waals surface area contributed by atoms with Crippen LogP contribution in [0.3, 0.4) is 0 Å². The predicted octanol–water partition coefficient (Wildman–Crippen LogP) is 1.40. The van der Waals surface area contributed by atoms with E-state index in [0.29, 0.717) is 6.42 Å². The van der Waals surface area contributed by atoms with Gasteiger partial charge in [0.25, 0.3) is 0 Å². The van der Waals surface area contributed by atoms with Crippen LogP contribution in [0.15, 0.2) is 0 Å². The summed E-state index contributed by atoms with van der Waals surface area (Å²) in [7, 11) is 3.36. The molecule has 0 spiro atoms. The molecule has 0 aromatic rings. The number of methoxy groups -OCH3 is 1. The molecule has 0 aliphatic rings. The molecule has 0 amide bonds. The van der Waals surface area contributed by atoms with Gasteiger partial charge in [-0.1, -0.05) is 13.3 Å². The van der Waals surface area contributed by atoms with E-state index in [0.717, 1.165) is 7.11 Å². The van der Waals surface area contributed by atoms with E-state index < -0.39 is 26.1 Å². The van der Waals surface area contributed by atoms with Crippen LogP contribution < -0.4 is 0 Å². The molecule has 0 saturated carbocycles. The maximum Gasteiger partial charge on any atom is 0.472 e. The van der Waals surface area contributed by atoms with Gasteiger partial charge in [0.15, 0.2) is 0 Å². The SMILES string of the molecule is [B][C@H](OC)C(F)C(CCC)OP(=O)(O)OC. The summed E-state index contributed by atoms with van der Waals surface area (Å²) in [6, 6.07) is -1.20. The molecule has 0 aliphatic heterocycles. The number of phosphoric ester groups is 1. The van der Waals surface area contributed by atoms with Crippen molar-refractivity contribution in [1.82, 2.24) is 0 Å². The summed E-state index contributed by atoms with van der Waals surface area (Å²) in [5, 5.41) is 0. The Kier molecular flexibility index (Phi) is 7.43. The first-order valence-electron chi connectivity index (χ1n) is 4.87. The van der Waals surface area contributed by atoms with Gasteiger partial charge in [-0.25, -0.2) is 8.96 Å². The summed E-state index contributed by atoms with van der Waals surface area (Å²) in [4.78, 5) is 9.09. The second-order valence-electron chi connectivity index (χ2n) is 3.23. The van der Waals surface area contributed by atoms with Gasteiger partial charge in [0, 0.05) is 20.2 Å². The van der Waals surface area contributed by atoms with Crippen molar-refractivity contribution in [2.45, 2.75) is 38.0 Å². The van der Waals surface area contributed by atoms with E-state index in [2.05, 4.69) is 13.8 Å². The third-order valence-corrected chi connectivity index (χ3v) is 3.01. The highest BCUT2D eigenvalue weighted by molar-refractivity contribution is 7.47. The van der Waals surface area contributed by atoms with E-state index >= 15 is 0 Å². The number of halogens is 1. The van der Waals surface area contributed by atoms with E-state index in [-0.39, 0.29) is 6.42 Å². The second-order valence-corrected chi connectivity index (χ2v) is 4.74. The first-order valence-corrected chi connectivity index (χ1v) is 6.36. The number of hydrogen-bond donors (Lipinski definition) is 1. The number of phosphoric acid groups is 1. The molecular weight excluding hydrogens is 237 g/mol. The van der Waals surface area contributed by atoms with Crippen LogP contribution in [0.1, 0.15) is 19.8 Å². The van der Waals surface area contributed by atoms with Crippen molar-refractivity contribution in [2.24, 2.45) is 0 Å².